The number of carbonyl (C=O) groups excluding carboxylic acids is 1. The van der Waals surface area contributed by atoms with Gasteiger partial charge in [0.2, 0.25) is 5.75 Å². The lowest BCUT2D eigenvalue weighted by Crippen LogP contribution is -2.11. The largest absolute Gasteiger partial charge is 0.504 e. The predicted molar refractivity (Wildman–Crippen MR) is 76.0 cm³/mol. The number of benzene rings is 2. The molecule has 0 atom stereocenters. The van der Waals surface area contributed by atoms with Gasteiger partial charge < -0.3 is 14.9 Å². The first-order chi connectivity index (χ1) is 10.3. The molecule has 0 fully saturated rings. The number of carbonyl (C=O) groups is 1. The van der Waals surface area contributed by atoms with E-state index in [0.717, 1.165) is 13.2 Å². The van der Waals surface area contributed by atoms with Gasteiger partial charge in [-0.2, -0.15) is 8.42 Å². The van der Waals surface area contributed by atoms with Gasteiger partial charge in [0, 0.05) is 5.56 Å². The highest BCUT2D eigenvalue weighted by Crippen LogP contribution is 2.43. The lowest BCUT2D eigenvalue weighted by atomic mass is 10.0. The van der Waals surface area contributed by atoms with Crippen molar-refractivity contribution in [1.82, 2.24) is 0 Å². The summed E-state index contributed by atoms with van der Waals surface area (Å²) in [5.74, 6) is -3.02. The Bertz CT molecular complexity index is 826. The average Bonchev–Trinajstić information content (AvgIpc) is 2.45. The fourth-order valence-corrected chi connectivity index (χ4v) is 2.76. The maximum atomic E-state index is 12.4. The van der Waals surface area contributed by atoms with E-state index in [1.54, 1.807) is 18.2 Å². The van der Waals surface area contributed by atoms with Crippen molar-refractivity contribution < 1.29 is 32.7 Å². The zero-order valence-corrected chi connectivity index (χ0v) is 12.2. The Morgan fingerprint density at radius 1 is 1.14 bits per heavy atom. The van der Waals surface area contributed by atoms with E-state index in [9.17, 15) is 28.0 Å². The van der Waals surface area contributed by atoms with Gasteiger partial charge in [0.05, 0.1) is 12.7 Å². The molecule has 2 aromatic rings. The van der Waals surface area contributed by atoms with Crippen LogP contribution in [0.4, 0.5) is 0 Å². The minimum absolute atomic E-state index is 0.122. The molecule has 3 N–H and O–H groups in total. The number of phenolic OH excluding ortho intramolecular Hbond substituents is 2. The fraction of sp³-hybridized carbons (Fsp3) is 0.0714. The average molecular weight is 324 g/mol. The van der Waals surface area contributed by atoms with Gasteiger partial charge in [-0.25, -0.2) is 0 Å². The molecule has 0 aliphatic rings. The van der Waals surface area contributed by atoms with Crippen LogP contribution in [0.15, 0.2) is 41.3 Å². The van der Waals surface area contributed by atoms with Crippen molar-refractivity contribution >= 4 is 15.9 Å². The predicted octanol–water partition coefficient (Wildman–Crippen LogP) is 1.58. The highest BCUT2D eigenvalue weighted by molar-refractivity contribution is 7.86. The zero-order valence-electron chi connectivity index (χ0n) is 11.3. The molecule has 7 nitrogen and oxygen atoms in total. The Morgan fingerprint density at radius 2 is 1.73 bits per heavy atom. The number of rotatable bonds is 4. The summed E-state index contributed by atoms with van der Waals surface area (Å²) in [5, 5.41) is 19.6. The van der Waals surface area contributed by atoms with Crippen molar-refractivity contribution in [2.75, 3.05) is 7.11 Å². The molecular weight excluding hydrogens is 312 g/mol. The number of hydrogen-bond donors (Lipinski definition) is 3. The molecule has 0 unspecified atom stereocenters. The lowest BCUT2D eigenvalue weighted by molar-refractivity contribution is 0.103. The number of ether oxygens (including phenoxy) is 1. The normalized spacial score (nSPS) is 11.2. The fourth-order valence-electron chi connectivity index (χ4n) is 2.00. The Balaban J connectivity index is 2.79. The highest BCUT2D eigenvalue weighted by Gasteiger charge is 2.30. The van der Waals surface area contributed by atoms with Crippen LogP contribution in [0, 0.1) is 0 Å². The molecule has 0 radical (unpaired) electrons. The molecule has 0 spiro atoms. The summed E-state index contributed by atoms with van der Waals surface area (Å²) < 4.78 is 36.9. The van der Waals surface area contributed by atoms with E-state index in [2.05, 4.69) is 4.74 Å². The second kappa shape index (κ2) is 5.66. The summed E-state index contributed by atoms with van der Waals surface area (Å²) in [6, 6.07) is 8.44. The highest BCUT2D eigenvalue weighted by atomic mass is 32.2. The summed E-state index contributed by atoms with van der Waals surface area (Å²) in [7, 11) is -3.84. The monoisotopic (exact) mass is 324 g/mol. The summed E-state index contributed by atoms with van der Waals surface area (Å²) in [6.07, 6.45) is 0. The molecule has 2 aromatic carbocycles. The molecule has 0 aliphatic heterocycles. The van der Waals surface area contributed by atoms with Crippen molar-refractivity contribution in [3.05, 3.63) is 47.5 Å². The van der Waals surface area contributed by atoms with E-state index in [-0.39, 0.29) is 5.56 Å². The van der Waals surface area contributed by atoms with Crippen LogP contribution >= 0.6 is 0 Å². The number of phenols is 2. The maximum Gasteiger partial charge on any atom is 0.299 e. The summed E-state index contributed by atoms with van der Waals surface area (Å²) >= 11 is 0. The van der Waals surface area contributed by atoms with Gasteiger partial charge in [-0.15, -0.1) is 0 Å². The van der Waals surface area contributed by atoms with Gasteiger partial charge in [-0.3, -0.25) is 9.35 Å². The molecule has 0 bridgehead atoms. The van der Waals surface area contributed by atoms with Crippen LogP contribution in [0.5, 0.6) is 17.2 Å². The third-order valence-electron chi connectivity index (χ3n) is 2.93. The molecule has 116 valence electrons. The van der Waals surface area contributed by atoms with Crippen LogP contribution in [0.1, 0.15) is 15.9 Å². The Labute approximate surface area is 126 Å². The van der Waals surface area contributed by atoms with Crippen LogP contribution in [0.2, 0.25) is 0 Å². The molecular formula is C14H12O7S. The molecule has 0 aromatic heterocycles. The van der Waals surface area contributed by atoms with Crippen LogP contribution in [0.25, 0.3) is 0 Å². The molecule has 2 rings (SSSR count). The van der Waals surface area contributed by atoms with E-state index < -0.39 is 43.6 Å². The lowest BCUT2D eigenvalue weighted by Gasteiger charge is -2.13. The van der Waals surface area contributed by atoms with Crippen molar-refractivity contribution in [3.8, 4) is 17.2 Å². The van der Waals surface area contributed by atoms with Crippen LogP contribution in [-0.4, -0.2) is 36.1 Å². The first kappa shape index (κ1) is 15.8. The van der Waals surface area contributed by atoms with E-state index in [4.69, 9.17) is 0 Å². The van der Waals surface area contributed by atoms with Crippen molar-refractivity contribution in [1.29, 1.82) is 0 Å². The van der Waals surface area contributed by atoms with Gasteiger partial charge in [0.1, 0.15) is 0 Å². The topological polar surface area (TPSA) is 121 Å². The number of methoxy groups -OCH3 is 1. The zero-order chi connectivity index (χ0) is 16.5. The van der Waals surface area contributed by atoms with E-state index >= 15 is 0 Å². The van der Waals surface area contributed by atoms with Crippen molar-refractivity contribution in [3.63, 3.8) is 0 Å². The minimum Gasteiger partial charge on any atom is -0.504 e. The molecule has 0 amide bonds. The first-order valence-electron chi connectivity index (χ1n) is 5.97. The maximum absolute atomic E-state index is 12.4. The van der Waals surface area contributed by atoms with E-state index in [0.29, 0.717) is 0 Å². The Hall–Kier alpha value is -2.58. The molecule has 0 heterocycles. The van der Waals surface area contributed by atoms with E-state index in [1.807, 2.05) is 0 Å². The number of hydrogen-bond acceptors (Lipinski definition) is 6. The first-order valence-corrected chi connectivity index (χ1v) is 7.41. The second-order valence-electron chi connectivity index (χ2n) is 4.32. The molecule has 22 heavy (non-hydrogen) atoms. The Morgan fingerprint density at radius 3 is 2.23 bits per heavy atom. The minimum atomic E-state index is -4.93. The van der Waals surface area contributed by atoms with Crippen LogP contribution in [-0.2, 0) is 10.1 Å². The molecule has 8 heteroatoms. The quantitative estimate of drug-likeness (QED) is 0.576. The van der Waals surface area contributed by atoms with Crippen molar-refractivity contribution in [2.45, 2.75) is 4.90 Å². The van der Waals surface area contributed by atoms with Gasteiger partial charge >= 0.3 is 0 Å². The summed E-state index contributed by atoms with van der Waals surface area (Å²) in [6.45, 7) is 0. The van der Waals surface area contributed by atoms with Gasteiger partial charge in [0.25, 0.3) is 10.1 Å². The van der Waals surface area contributed by atoms with Crippen LogP contribution < -0.4 is 4.74 Å². The SMILES string of the molecule is COc1c(O)cc(C(=O)c2ccccc2)c(S(=O)(=O)O)c1O. The smallest absolute Gasteiger partial charge is 0.299 e. The third-order valence-corrected chi connectivity index (χ3v) is 3.86. The second-order valence-corrected chi connectivity index (χ2v) is 5.68. The Kier molecular flexibility index (Phi) is 4.07. The van der Waals surface area contributed by atoms with Gasteiger partial charge in [-0.05, 0) is 6.07 Å². The van der Waals surface area contributed by atoms with Gasteiger partial charge in [-0.1, -0.05) is 30.3 Å². The van der Waals surface area contributed by atoms with Crippen molar-refractivity contribution in [2.24, 2.45) is 0 Å². The number of ketones is 1. The standard InChI is InChI=1S/C14H12O7S/c1-21-13-10(15)7-9(14(12(13)17)22(18,19)20)11(16)8-5-3-2-4-6-8/h2-7,15,17H,1H3,(H,18,19,20). The molecule has 0 aliphatic carbocycles. The third kappa shape index (κ3) is 2.74. The molecule has 0 saturated heterocycles. The van der Waals surface area contributed by atoms with E-state index in [1.165, 1.54) is 12.1 Å². The summed E-state index contributed by atoms with van der Waals surface area (Å²) in [5.41, 5.74) is -0.444. The number of aromatic hydroxyl groups is 2. The van der Waals surface area contributed by atoms with Gasteiger partial charge in [0.15, 0.2) is 22.2 Å². The summed E-state index contributed by atoms with van der Waals surface area (Å²) in [4.78, 5) is 11.4. The molecule has 0 saturated carbocycles. The van der Waals surface area contributed by atoms with Crippen LogP contribution in [0.3, 0.4) is 0 Å².